The number of hydrogen-bond acceptors (Lipinski definition) is 1. The van der Waals surface area contributed by atoms with E-state index < -0.39 is 12.5 Å². The van der Waals surface area contributed by atoms with E-state index in [1.165, 1.54) is 0 Å². The lowest BCUT2D eigenvalue weighted by molar-refractivity contribution is 0.0983. The maximum atomic E-state index is 12.7. The molecule has 0 saturated heterocycles. The molecular weight excluding hydrogens is 232 g/mol. The van der Waals surface area contributed by atoms with Crippen molar-refractivity contribution in [1.82, 2.24) is 5.32 Å². The molecule has 4 heteroatoms. The summed E-state index contributed by atoms with van der Waals surface area (Å²) in [6, 6.07) is 6.23. The van der Waals surface area contributed by atoms with Crippen LogP contribution in [0.2, 0.25) is 5.02 Å². The Morgan fingerprint density at radius 2 is 1.88 bits per heavy atom. The standard InChI is InChI=1S/C12H16ClF2N/c1-2-7-16-11(12(14)15)8-9-3-5-10(13)6-4-9/h3-6,11-12,16H,2,7-8H2,1H3. The first-order valence-corrected chi connectivity index (χ1v) is 5.77. The van der Waals surface area contributed by atoms with E-state index in [0.29, 0.717) is 18.0 Å². The van der Waals surface area contributed by atoms with Crippen molar-refractivity contribution in [2.24, 2.45) is 0 Å². The zero-order chi connectivity index (χ0) is 12.0. The normalized spacial score (nSPS) is 13.1. The molecule has 1 rings (SSSR count). The number of hydrogen-bond donors (Lipinski definition) is 1. The summed E-state index contributed by atoms with van der Waals surface area (Å²) in [6.07, 6.45) is -1.17. The Bertz CT molecular complexity index is 300. The summed E-state index contributed by atoms with van der Waals surface area (Å²) in [6.45, 7) is 2.57. The Hall–Kier alpha value is -0.670. The first-order chi connectivity index (χ1) is 7.63. The molecule has 1 unspecified atom stereocenters. The number of rotatable bonds is 6. The SMILES string of the molecule is CCCNC(Cc1ccc(Cl)cc1)C(F)F. The molecule has 0 radical (unpaired) electrons. The van der Waals surface area contributed by atoms with E-state index in [-0.39, 0.29) is 0 Å². The molecular formula is C12H16ClF2N. The molecule has 1 nitrogen and oxygen atoms in total. The molecule has 90 valence electrons. The van der Waals surface area contributed by atoms with Crippen LogP contribution in [0, 0.1) is 0 Å². The van der Waals surface area contributed by atoms with Crippen molar-refractivity contribution in [2.45, 2.75) is 32.2 Å². The fraction of sp³-hybridized carbons (Fsp3) is 0.500. The number of alkyl halides is 2. The molecule has 1 N–H and O–H groups in total. The predicted molar refractivity (Wildman–Crippen MR) is 63.2 cm³/mol. The zero-order valence-electron chi connectivity index (χ0n) is 9.22. The van der Waals surface area contributed by atoms with E-state index in [9.17, 15) is 8.78 Å². The van der Waals surface area contributed by atoms with Gasteiger partial charge in [0.2, 0.25) is 0 Å². The maximum Gasteiger partial charge on any atom is 0.254 e. The first kappa shape index (κ1) is 13.4. The molecule has 0 aliphatic rings. The Balaban J connectivity index is 2.57. The third-order valence-corrected chi connectivity index (χ3v) is 2.58. The van der Waals surface area contributed by atoms with Crippen molar-refractivity contribution in [2.75, 3.05) is 6.54 Å². The second kappa shape index (κ2) is 6.81. The summed E-state index contributed by atoms with van der Waals surface area (Å²) in [5.74, 6) is 0. The van der Waals surface area contributed by atoms with Gasteiger partial charge in [0, 0.05) is 5.02 Å². The molecule has 0 bridgehead atoms. The first-order valence-electron chi connectivity index (χ1n) is 5.39. The molecule has 0 spiro atoms. The maximum absolute atomic E-state index is 12.7. The quantitative estimate of drug-likeness (QED) is 0.811. The van der Waals surface area contributed by atoms with Crippen LogP contribution in [0.1, 0.15) is 18.9 Å². The molecule has 1 aromatic rings. The summed E-state index contributed by atoms with van der Waals surface area (Å²) in [5, 5.41) is 3.47. The Kier molecular flexibility index (Phi) is 5.71. The van der Waals surface area contributed by atoms with Gasteiger partial charge in [-0.05, 0) is 37.1 Å². The van der Waals surface area contributed by atoms with E-state index in [1.807, 2.05) is 6.92 Å². The largest absolute Gasteiger partial charge is 0.309 e. The summed E-state index contributed by atoms with van der Waals surface area (Å²) < 4.78 is 25.4. The fourth-order valence-electron chi connectivity index (χ4n) is 1.45. The summed E-state index contributed by atoms with van der Waals surface area (Å²) in [5.41, 5.74) is 0.873. The van der Waals surface area contributed by atoms with Gasteiger partial charge in [-0.1, -0.05) is 30.7 Å². The van der Waals surface area contributed by atoms with Crippen molar-refractivity contribution in [3.05, 3.63) is 34.9 Å². The highest BCUT2D eigenvalue weighted by Gasteiger charge is 2.19. The van der Waals surface area contributed by atoms with Crippen LogP contribution in [0.3, 0.4) is 0 Å². The number of halogens is 3. The van der Waals surface area contributed by atoms with Crippen molar-refractivity contribution in [3.8, 4) is 0 Å². The van der Waals surface area contributed by atoms with Gasteiger partial charge in [0.15, 0.2) is 0 Å². The van der Waals surface area contributed by atoms with Crippen LogP contribution in [0.5, 0.6) is 0 Å². The topological polar surface area (TPSA) is 12.0 Å². The second-order valence-corrected chi connectivity index (χ2v) is 4.16. The summed E-state index contributed by atoms with van der Waals surface area (Å²) in [7, 11) is 0. The van der Waals surface area contributed by atoms with Gasteiger partial charge in [-0.25, -0.2) is 8.78 Å². The zero-order valence-corrected chi connectivity index (χ0v) is 9.98. The van der Waals surface area contributed by atoms with Crippen LogP contribution in [0.4, 0.5) is 8.78 Å². The van der Waals surface area contributed by atoms with Gasteiger partial charge >= 0.3 is 0 Å². The highest BCUT2D eigenvalue weighted by molar-refractivity contribution is 6.30. The average Bonchev–Trinajstić information content (AvgIpc) is 2.26. The number of benzene rings is 1. The minimum absolute atomic E-state index is 0.328. The lowest BCUT2D eigenvalue weighted by Crippen LogP contribution is -2.37. The smallest absolute Gasteiger partial charge is 0.254 e. The van der Waals surface area contributed by atoms with Crippen LogP contribution in [0.15, 0.2) is 24.3 Å². The third kappa shape index (κ3) is 4.45. The molecule has 16 heavy (non-hydrogen) atoms. The van der Waals surface area contributed by atoms with Crippen molar-refractivity contribution < 1.29 is 8.78 Å². The molecule has 0 fully saturated rings. The van der Waals surface area contributed by atoms with E-state index in [0.717, 1.165) is 12.0 Å². The molecule has 0 heterocycles. The van der Waals surface area contributed by atoms with Gasteiger partial charge in [-0.2, -0.15) is 0 Å². The summed E-state index contributed by atoms with van der Waals surface area (Å²) in [4.78, 5) is 0. The Morgan fingerprint density at radius 1 is 1.25 bits per heavy atom. The highest BCUT2D eigenvalue weighted by Crippen LogP contribution is 2.13. The van der Waals surface area contributed by atoms with Crippen LogP contribution < -0.4 is 5.32 Å². The highest BCUT2D eigenvalue weighted by atomic mass is 35.5. The van der Waals surface area contributed by atoms with Crippen molar-refractivity contribution in [1.29, 1.82) is 0 Å². The van der Waals surface area contributed by atoms with Gasteiger partial charge in [0.25, 0.3) is 6.43 Å². The fourth-order valence-corrected chi connectivity index (χ4v) is 1.58. The lowest BCUT2D eigenvalue weighted by Gasteiger charge is -2.17. The minimum Gasteiger partial charge on any atom is -0.309 e. The average molecular weight is 248 g/mol. The summed E-state index contributed by atoms with van der Waals surface area (Å²) >= 11 is 5.73. The van der Waals surface area contributed by atoms with Crippen molar-refractivity contribution in [3.63, 3.8) is 0 Å². The monoisotopic (exact) mass is 247 g/mol. The van der Waals surface area contributed by atoms with E-state index >= 15 is 0 Å². The molecule has 0 amide bonds. The Morgan fingerprint density at radius 3 is 2.38 bits per heavy atom. The van der Waals surface area contributed by atoms with Gasteiger partial charge in [-0.15, -0.1) is 0 Å². The third-order valence-electron chi connectivity index (χ3n) is 2.33. The molecule has 0 aliphatic carbocycles. The lowest BCUT2D eigenvalue weighted by atomic mass is 10.1. The number of nitrogens with one attached hydrogen (secondary N) is 1. The molecule has 0 saturated carbocycles. The Labute approximate surface area is 99.8 Å². The minimum atomic E-state index is -2.35. The van der Waals surface area contributed by atoms with E-state index in [1.54, 1.807) is 24.3 Å². The van der Waals surface area contributed by atoms with Gasteiger partial charge in [0.05, 0.1) is 6.04 Å². The van der Waals surface area contributed by atoms with Gasteiger partial charge in [-0.3, -0.25) is 0 Å². The van der Waals surface area contributed by atoms with Gasteiger partial charge in [0.1, 0.15) is 0 Å². The molecule has 1 aromatic carbocycles. The molecule has 0 aromatic heterocycles. The van der Waals surface area contributed by atoms with Crippen molar-refractivity contribution >= 4 is 11.6 Å². The molecule has 1 atom stereocenters. The predicted octanol–water partition coefficient (Wildman–Crippen LogP) is 3.52. The van der Waals surface area contributed by atoms with Crippen LogP contribution >= 0.6 is 11.6 Å². The second-order valence-electron chi connectivity index (χ2n) is 3.73. The van der Waals surface area contributed by atoms with Crippen LogP contribution in [-0.4, -0.2) is 19.0 Å². The van der Waals surface area contributed by atoms with E-state index in [2.05, 4.69) is 5.32 Å². The van der Waals surface area contributed by atoms with Crippen LogP contribution in [0.25, 0.3) is 0 Å². The van der Waals surface area contributed by atoms with Crippen LogP contribution in [-0.2, 0) is 6.42 Å². The molecule has 0 aliphatic heterocycles. The van der Waals surface area contributed by atoms with E-state index in [4.69, 9.17) is 11.6 Å². The van der Waals surface area contributed by atoms with Gasteiger partial charge < -0.3 is 5.32 Å².